The average molecular weight is 420 g/mol. The van der Waals surface area contributed by atoms with Crippen LogP contribution in [-0.2, 0) is 14.4 Å². The zero-order valence-electron chi connectivity index (χ0n) is 15.1. The first-order valence-electron chi connectivity index (χ1n) is 8.77. The van der Waals surface area contributed by atoms with Crippen molar-refractivity contribution in [2.24, 2.45) is 5.92 Å². The second kappa shape index (κ2) is 8.63. The maximum absolute atomic E-state index is 12.5. The molecule has 2 N–H and O–H groups in total. The van der Waals surface area contributed by atoms with Crippen LogP contribution in [0.2, 0.25) is 10.0 Å². The van der Waals surface area contributed by atoms with Crippen molar-refractivity contribution < 1.29 is 14.4 Å². The minimum Gasteiger partial charge on any atom is -0.344 e. The fourth-order valence-electron chi connectivity index (χ4n) is 2.97. The molecule has 2 aromatic rings. The molecule has 3 amide bonds. The number of carbonyl (C=O) groups excluding carboxylic acids is 3. The summed E-state index contributed by atoms with van der Waals surface area (Å²) < 4.78 is 0. The predicted octanol–water partition coefficient (Wildman–Crippen LogP) is 3.49. The molecule has 3 rings (SSSR count). The number of amides is 3. The number of hydrogen-bond acceptors (Lipinski definition) is 3. The van der Waals surface area contributed by atoms with E-state index in [0.717, 1.165) is 5.69 Å². The van der Waals surface area contributed by atoms with E-state index < -0.39 is 17.9 Å². The molecule has 0 aliphatic carbocycles. The first-order chi connectivity index (χ1) is 13.3. The van der Waals surface area contributed by atoms with E-state index in [-0.39, 0.29) is 24.8 Å². The molecule has 0 aromatic heterocycles. The fourth-order valence-corrected chi connectivity index (χ4v) is 3.43. The molecule has 0 saturated carbocycles. The molecule has 28 heavy (non-hydrogen) atoms. The third-order valence-corrected chi connectivity index (χ3v) is 5.05. The van der Waals surface area contributed by atoms with Gasteiger partial charge in [-0.1, -0.05) is 41.4 Å². The molecule has 1 heterocycles. The number of halogens is 2. The summed E-state index contributed by atoms with van der Waals surface area (Å²) in [5, 5.41) is 6.08. The number of para-hydroxylation sites is 1. The lowest BCUT2D eigenvalue weighted by Gasteiger charge is -2.18. The van der Waals surface area contributed by atoms with E-state index in [4.69, 9.17) is 23.2 Å². The Labute approximate surface area is 172 Å². The highest BCUT2D eigenvalue weighted by Gasteiger charge is 2.36. The van der Waals surface area contributed by atoms with Crippen LogP contribution >= 0.6 is 23.2 Å². The van der Waals surface area contributed by atoms with Crippen LogP contribution in [0.1, 0.15) is 13.3 Å². The van der Waals surface area contributed by atoms with E-state index in [0.29, 0.717) is 15.7 Å². The summed E-state index contributed by atoms with van der Waals surface area (Å²) in [4.78, 5) is 38.7. The summed E-state index contributed by atoms with van der Waals surface area (Å²) in [6.07, 6.45) is 0.109. The lowest BCUT2D eigenvalue weighted by atomic mass is 10.1. The van der Waals surface area contributed by atoms with Gasteiger partial charge in [-0.25, -0.2) is 0 Å². The van der Waals surface area contributed by atoms with Gasteiger partial charge in [0.15, 0.2) is 0 Å². The standard InChI is InChI=1S/C20H19Cl2N3O3/c1-12(19(27)24-17-8-7-14(21)10-16(17)22)23-20(28)13-9-18(26)25(11-13)15-5-3-2-4-6-15/h2-8,10,12-13H,9,11H2,1H3,(H,23,28)(H,24,27)/t12-,13-/m0/s1. The van der Waals surface area contributed by atoms with Crippen LogP contribution in [0.25, 0.3) is 0 Å². The van der Waals surface area contributed by atoms with Crippen molar-refractivity contribution in [2.45, 2.75) is 19.4 Å². The number of hydrogen-bond donors (Lipinski definition) is 2. The molecule has 1 fully saturated rings. The molecule has 8 heteroatoms. The molecule has 0 radical (unpaired) electrons. The smallest absolute Gasteiger partial charge is 0.246 e. The molecule has 2 atom stereocenters. The zero-order valence-corrected chi connectivity index (χ0v) is 16.6. The van der Waals surface area contributed by atoms with E-state index in [2.05, 4.69) is 10.6 Å². The number of anilines is 2. The zero-order chi connectivity index (χ0) is 20.3. The monoisotopic (exact) mass is 419 g/mol. The van der Waals surface area contributed by atoms with Crippen molar-refractivity contribution in [1.82, 2.24) is 5.32 Å². The Balaban J connectivity index is 1.58. The number of nitrogens with one attached hydrogen (secondary N) is 2. The minimum absolute atomic E-state index is 0.109. The van der Waals surface area contributed by atoms with Gasteiger partial charge in [0.05, 0.1) is 16.6 Å². The SMILES string of the molecule is C[C@H](NC(=O)[C@H]1CC(=O)N(c2ccccc2)C1)C(=O)Nc1ccc(Cl)cc1Cl. The molecule has 1 aliphatic rings. The van der Waals surface area contributed by atoms with Crippen LogP contribution in [0, 0.1) is 5.92 Å². The lowest BCUT2D eigenvalue weighted by molar-refractivity contribution is -0.129. The number of nitrogens with zero attached hydrogens (tertiary/aromatic N) is 1. The highest BCUT2D eigenvalue weighted by Crippen LogP contribution is 2.26. The molecule has 2 aromatic carbocycles. The van der Waals surface area contributed by atoms with Gasteiger partial charge in [-0.15, -0.1) is 0 Å². The first-order valence-corrected chi connectivity index (χ1v) is 9.52. The van der Waals surface area contributed by atoms with Crippen LogP contribution in [0.3, 0.4) is 0 Å². The number of carbonyl (C=O) groups is 3. The van der Waals surface area contributed by atoms with Gasteiger partial charge < -0.3 is 15.5 Å². The highest BCUT2D eigenvalue weighted by molar-refractivity contribution is 6.36. The van der Waals surface area contributed by atoms with Crippen LogP contribution in [0.5, 0.6) is 0 Å². The normalized spacial score (nSPS) is 17.3. The van der Waals surface area contributed by atoms with Crippen LogP contribution in [-0.4, -0.2) is 30.3 Å². The Kier molecular flexibility index (Phi) is 6.21. The Bertz CT molecular complexity index is 905. The van der Waals surface area contributed by atoms with Crippen molar-refractivity contribution in [3.05, 3.63) is 58.6 Å². The number of rotatable bonds is 5. The molecule has 0 bridgehead atoms. The van der Waals surface area contributed by atoms with E-state index >= 15 is 0 Å². The van der Waals surface area contributed by atoms with Gasteiger partial charge in [-0.3, -0.25) is 14.4 Å². The Morgan fingerprint density at radius 2 is 1.86 bits per heavy atom. The third-order valence-electron chi connectivity index (χ3n) is 4.50. The van der Waals surface area contributed by atoms with Gasteiger partial charge >= 0.3 is 0 Å². The van der Waals surface area contributed by atoms with E-state index in [1.165, 1.54) is 6.07 Å². The number of benzene rings is 2. The second-order valence-corrected chi connectivity index (χ2v) is 7.43. The third kappa shape index (κ3) is 4.64. The fraction of sp³-hybridized carbons (Fsp3) is 0.250. The highest BCUT2D eigenvalue weighted by atomic mass is 35.5. The van der Waals surface area contributed by atoms with E-state index in [1.807, 2.05) is 30.3 Å². The van der Waals surface area contributed by atoms with Crippen molar-refractivity contribution >= 4 is 52.3 Å². The van der Waals surface area contributed by atoms with Crippen molar-refractivity contribution in [1.29, 1.82) is 0 Å². The molecular weight excluding hydrogens is 401 g/mol. The van der Waals surface area contributed by atoms with E-state index in [9.17, 15) is 14.4 Å². The van der Waals surface area contributed by atoms with Gasteiger partial charge in [0.1, 0.15) is 6.04 Å². The van der Waals surface area contributed by atoms with Crippen molar-refractivity contribution in [3.8, 4) is 0 Å². The first kappa shape index (κ1) is 20.2. The molecule has 0 unspecified atom stereocenters. The molecule has 146 valence electrons. The lowest BCUT2D eigenvalue weighted by Crippen LogP contribution is -2.44. The Morgan fingerprint density at radius 1 is 1.14 bits per heavy atom. The van der Waals surface area contributed by atoms with E-state index in [1.54, 1.807) is 24.0 Å². The summed E-state index contributed by atoms with van der Waals surface area (Å²) in [5.74, 6) is -1.38. The molecule has 6 nitrogen and oxygen atoms in total. The summed E-state index contributed by atoms with van der Waals surface area (Å²) in [6, 6.07) is 13.1. The summed E-state index contributed by atoms with van der Waals surface area (Å²) in [7, 11) is 0. The van der Waals surface area contributed by atoms with Gasteiger partial charge in [0.25, 0.3) is 0 Å². The maximum Gasteiger partial charge on any atom is 0.246 e. The van der Waals surface area contributed by atoms with Crippen molar-refractivity contribution in [3.63, 3.8) is 0 Å². The minimum atomic E-state index is -0.792. The quantitative estimate of drug-likeness (QED) is 0.778. The van der Waals surface area contributed by atoms with Gasteiger partial charge in [0, 0.05) is 23.7 Å². The Morgan fingerprint density at radius 3 is 2.54 bits per heavy atom. The maximum atomic E-state index is 12.5. The van der Waals surface area contributed by atoms with Crippen LogP contribution in [0.15, 0.2) is 48.5 Å². The topological polar surface area (TPSA) is 78.5 Å². The molecule has 0 spiro atoms. The largest absolute Gasteiger partial charge is 0.344 e. The second-order valence-electron chi connectivity index (χ2n) is 6.58. The predicted molar refractivity (Wildman–Crippen MR) is 110 cm³/mol. The summed E-state index contributed by atoms with van der Waals surface area (Å²) >= 11 is 11.9. The van der Waals surface area contributed by atoms with Gasteiger partial charge in [0.2, 0.25) is 17.7 Å². The van der Waals surface area contributed by atoms with Gasteiger partial charge in [-0.2, -0.15) is 0 Å². The molecule has 1 aliphatic heterocycles. The summed E-state index contributed by atoms with van der Waals surface area (Å²) in [6.45, 7) is 1.86. The van der Waals surface area contributed by atoms with Gasteiger partial charge in [-0.05, 0) is 37.3 Å². The van der Waals surface area contributed by atoms with Crippen LogP contribution < -0.4 is 15.5 Å². The average Bonchev–Trinajstić information content (AvgIpc) is 3.06. The van der Waals surface area contributed by atoms with Crippen molar-refractivity contribution in [2.75, 3.05) is 16.8 Å². The Hall–Kier alpha value is -2.57. The summed E-state index contributed by atoms with van der Waals surface area (Å²) in [5.41, 5.74) is 1.16. The molecular formula is C20H19Cl2N3O3. The van der Waals surface area contributed by atoms with Crippen LogP contribution in [0.4, 0.5) is 11.4 Å². The molecule has 1 saturated heterocycles.